The highest BCUT2D eigenvalue weighted by molar-refractivity contribution is 5.74. The number of urea groups is 1. The van der Waals surface area contributed by atoms with E-state index in [0.717, 1.165) is 6.42 Å². The van der Waals surface area contributed by atoms with Gasteiger partial charge in [0, 0.05) is 12.7 Å². The molecule has 0 saturated heterocycles. The fourth-order valence-electron chi connectivity index (χ4n) is 1.67. The minimum absolute atomic E-state index is 0.126. The Morgan fingerprint density at radius 2 is 2.06 bits per heavy atom. The monoisotopic (exact) mass is 244 g/mol. The number of nitrogens with one attached hydrogen (secondary N) is 2. The second-order valence-corrected chi connectivity index (χ2v) is 4.83. The summed E-state index contributed by atoms with van der Waals surface area (Å²) < 4.78 is 0. The molecule has 0 unspecified atom stereocenters. The average Bonchev–Trinajstić information content (AvgIpc) is 3.16. The highest BCUT2D eigenvalue weighted by Crippen LogP contribution is 2.29. The van der Waals surface area contributed by atoms with Gasteiger partial charge in [0.25, 0.3) is 0 Å². The number of aryl methyl sites for hydroxylation is 1. The number of benzene rings is 1. The molecule has 0 aliphatic heterocycles. The summed E-state index contributed by atoms with van der Waals surface area (Å²) in [4.78, 5) is 11.4. The molecule has 0 aromatic heterocycles. The summed E-state index contributed by atoms with van der Waals surface area (Å²) >= 11 is 0. The van der Waals surface area contributed by atoms with Crippen LogP contribution in [0.3, 0.4) is 0 Å². The summed E-state index contributed by atoms with van der Waals surface area (Å²) in [5.41, 5.74) is 2.50. The first kappa shape index (κ1) is 12.7. The van der Waals surface area contributed by atoms with Crippen LogP contribution in [-0.2, 0) is 6.42 Å². The number of rotatable bonds is 5. The zero-order valence-electron chi connectivity index (χ0n) is 10.8. The van der Waals surface area contributed by atoms with Gasteiger partial charge in [0.05, 0.1) is 0 Å². The first-order chi connectivity index (χ1) is 8.74. The van der Waals surface area contributed by atoms with Crippen LogP contribution < -0.4 is 10.6 Å². The molecule has 2 rings (SSSR count). The van der Waals surface area contributed by atoms with Gasteiger partial charge in [-0.2, -0.15) is 0 Å². The normalized spacial score (nSPS) is 14.7. The van der Waals surface area contributed by atoms with Crippen LogP contribution >= 0.6 is 0 Å². The maximum Gasteiger partial charge on any atom is 0.318 e. The number of hydrogen-bond acceptors (Lipinski definition) is 1. The molecule has 3 heteroatoms. The van der Waals surface area contributed by atoms with E-state index >= 15 is 0 Å². The third-order valence-electron chi connectivity index (χ3n) is 3.02. The van der Waals surface area contributed by atoms with Crippen molar-refractivity contribution in [3.8, 4) is 0 Å². The molecule has 1 aromatic carbocycles. The highest BCUT2D eigenvalue weighted by Gasteiger charge is 2.16. The van der Waals surface area contributed by atoms with E-state index in [-0.39, 0.29) is 6.03 Å². The van der Waals surface area contributed by atoms with Crippen LogP contribution in [0.4, 0.5) is 4.79 Å². The van der Waals surface area contributed by atoms with Crippen LogP contribution in [0.25, 0.3) is 0 Å². The van der Waals surface area contributed by atoms with Gasteiger partial charge in [0.1, 0.15) is 0 Å². The molecular formula is C15H20N2O. The standard InChI is InChI=1S/C15H20N2O/c1-12-2-4-13(5-3-12)8-10-16-15(18)17-11-9-14-6-7-14/h2-5,9,11,14H,6-8,10H2,1H3,(H2,16,17,18)/b11-9+. The van der Waals surface area contributed by atoms with E-state index in [1.807, 2.05) is 0 Å². The van der Waals surface area contributed by atoms with Crippen molar-refractivity contribution in [2.75, 3.05) is 6.54 Å². The molecule has 0 atom stereocenters. The molecular weight excluding hydrogens is 224 g/mol. The summed E-state index contributed by atoms with van der Waals surface area (Å²) in [5.74, 6) is 0.692. The van der Waals surface area contributed by atoms with Crippen molar-refractivity contribution in [2.24, 2.45) is 5.92 Å². The average molecular weight is 244 g/mol. The molecule has 1 fully saturated rings. The fourth-order valence-corrected chi connectivity index (χ4v) is 1.67. The fraction of sp³-hybridized carbons (Fsp3) is 0.400. The van der Waals surface area contributed by atoms with E-state index in [9.17, 15) is 4.79 Å². The Morgan fingerprint density at radius 3 is 2.72 bits per heavy atom. The maximum atomic E-state index is 11.4. The zero-order valence-corrected chi connectivity index (χ0v) is 10.8. The van der Waals surface area contributed by atoms with Crippen LogP contribution in [0.5, 0.6) is 0 Å². The van der Waals surface area contributed by atoms with E-state index in [2.05, 4.69) is 47.9 Å². The molecule has 1 aromatic rings. The van der Waals surface area contributed by atoms with Crippen LogP contribution in [0.15, 0.2) is 36.5 Å². The Bertz CT molecular complexity index is 419. The lowest BCUT2D eigenvalue weighted by Gasteiger charge is -2.05. The van der Waals surface area contributed by atoms with E-state index < -0.39 is 0 Å². The van der Waals surface area contributed by atoms with Gasteiger partial charge in [-0.25, -0.2) is 4.79 Å². The molecule has 2 amide bonds. The summed E-state index contributed by atoms with van der Waals surface area (Å²) in [5, 5.41) is 5.56. The third kappa shape index (κ3) is 4.62. The zero-order chi connectivity index (χ0) is 12.8. The number of carbonyl (C=O) groups is 1. The molecule has 0 radical (unpaired) electrons. The van der Waals surface area contributed by atoms with Gasteiger partial charge < -0.3 is 10.6 Å². The van der Waals surface area contributed by atoms with Gasteiger partial charge in [-0.15, -0.1) is 0 Å². The minimum atomic E-state index is -0.126. The van der Waals surface area contributed by atoms with Crippen LogP contribution in [-0.4, -0.2) is 12.6 Å². The second-order valence-electron chi connectivity index (χ2n) is 4.83. The SMILES string of the molecule is Cc1ccc(CCNC(=O)N/C=C/C2CC2)cc1. The topological polar surface area (TPSA) is 41.1 Å². The molecule has 0 spiro atoms. The van der Waals surface area contributed by atoms with Crippen LogP contribution in [0.2, 0.25) is 0 Å². The number of hydrogen-bond donors (Lipinski definition) is 2. The third-order valence-corrected chi connectivity index (χ3v) is 3.02. The number of amides is 2. The Kier molecular flexibility index (Phi) is 4.40. The van der Waals surface area contributed by atoms with E-state index in [4.69, 9.17) is 0 Å². The van der Waals surface area contributed by atoms with Gasteiger partial charge in [0.15, 0.2) is 0 Å². The second kappa shape index (κ2) is 6.24. The van der Waals surface area contributed by atoms with Crippen molar-refractivity contribution in [3.63, 3.8) is 0 Å². The van der Waals surface area contributed by atoms with Gasteiger partial charge in [-0.05, 0) is 37.7 Å². The molecule has 1 aliphatic carbocycles. The molecule has 96 valence electrons. The first-order valence-corrected chi connectivity index (χ1v) is 6.50. The first-order valence-electron chi connectivity index (χ1n) is 6.50. The lowest BCUT2D eigenvalue weighted by molar-refractivity contribution is 0.244. The lowest BCUT2D eigenvalue weighted by atomic mass is 10.1. The van der Waals surface area contributed by atoms with Crippen molar-refractivity contribution in [1.82, 2.24) is 10.6 Å². The Morgan fingerprint density at radius 1 is 1.33 bits per heavy atom. The Hall–Kier alpha value is -1.77. The van der Waals surface area contributed by atoms with Crippen LogP contribution in [0, 0.1) is 12.8 Å². The number of carbonyl (C=O) groups excluding carboxylic acids is 1. The molecule has 2 N–H and O–H groups in total. The van der Waals surface area contributed by atoms with Gasteiger partial charge in [-0.3, -0.25) is 0 Å². The quantitative estimate of drug-likeness (QED) is 0.821. The van der Waals surface area contributed by atoms with E-state index in [0.29, 0.717) is 12.5 Å². The van der Waals surface area contributed by atoms with Crippen molar-refractivity contribution in [3.05, 3.63) is 47.7 Å². The molecule has 0 heterocycles. The molecule has 1 saturated carbocycles. The van der Waals surface area contributed by atoms with E-state index in [1.165, 1.54) is 24.0 Å². The van der Waals surface area contributed by atoms with E-state index in [1.54, 1.807) is 6.20 Å². The largest absolute Gasteiger partial charge is 0.338 e. The summed E-state index contributed by atoms with van der Waals surface area (Å²) in [6.07, 6.45) is 7.18. The lowest BCUT2D eigenvalue weighted by Crippen LogP contribution is -2.33. The summed E-state index contributed by atoms with van der Waals surface area (Å²) in [6.45, 7) is 2.73. The molecule has 1 aliphatic rings. The predicted octanol–water partition coefficient (Wildman–Crippen LogP) is 2.76. The van der Waals surface area contributed by atoms with Gasteiger partial charge in [0.2, 0.25) is 0 Å². The van der Waals surface area contributed by atoms with Crippen molar-refractivity contribution >= 4 is 6.03 Å². The van der Waals surface area contributed by atoms with Crippen molar-refractivity contribution in [1.29, 1.82) is 0 Å². The summed E-state index contributed by atoms with van der Waals surface area (Å²) in [7, 11) is 0. The van der Waals surface area contributed by atoms with Gasteiger partial charge in [-0.1, -0.05) is 35.9 Å². The predicted molar refractivity (Wildman–Crippen MR) is 73.3 cm³/mol. The molecule has 18 heavy (non-hydrogen) atoms. The van der Waals surface area contributed by atoms with Crippen molar-refractivity contribution < 1.29 is 4.79 Å². The number of allylic oxidation sites excluding steroid dienone is 1. The Balaban J connectivity index is 1.61. The van der Waals surface area contributed by atoms with Crippen molar-refractivity contribution in [2.45, 2.75) is 26.2 Å². The van der Waals surface area contributed by atoms with Crippen LogP contribution in [0.1, 0.15) is 24.0 Å². The van der Waals surface area contributed by atoms with Gasteiger partial charge >= 0.3 is 6.03 Å². The minimum Gasteiger partial charge on any atom is -0.338 e. The molecule has 3 nitrogen and oxygen atoms in total. The smallest absolute Gasteiger partial charge is 0.318 e. The Labute approximate surface area is 108 Å². The maximum absolute atomic E-state index is 11.4. The summed E-state index contributed by atoms with van der Waals surface area (Å²) in [6, 6.07) is 8.25. The highest BCUT2D eigenvalue weighted by atomic mass is 16.2. The molecule has 0 bridgehead atoms.